The van der Waals surface area contributed by atoms with Crippen LogP contribution < -0.4 is 11.5 Å². The van der Waals surface area contributed by atoms with Gasteiger partial charge in [0.1, 0.15) is 5.52 Å². The number of fused-ring (bicyclic) bond motifs is 1. The van der Waals surface area contributed by atoms with Gasteiger partial charge in [0.25, 0.3) is 0 Å². The highest BCUT2D eigenvalue weighted by Gasteiger charge is 2.06. The molecule has 0 atom stereocenters. The highest BCUT2D eigenvalue weighted by atomic mass is 79.9. The molecule has 0 aromatic carbocycles. The summed E-state index contributed by atoms with van der Waals surface area (Å²) in [7, 11) is 0. The van der Waals surface area contributed by atoms with E-state index in [1.54, 1.807) is 6.20 Å². The molecule has 4 N–H and O–H groups in total. The molecule has 14 heavy (non-hydrogen) atoms. The standard InChI is InChI=1S/C7H7BrN6/c8-1-3-2-11-4-5(9)13-7(10)14-6(4)12-3/h2H,1H2,(H4,9,10,12,13,14). The Hall–Kier alpha value is -1.50. The van der Waals surface area contributed by atoms with Gasteiger partial charge >= 0.3 is 0 Å². The van der Waals surface area contributed by atoms with Crippen molar-refractivity contribution >= 4 is 38.9 Å². The highest BCUT2D eigenvalue weighted by Crippen LogP contribution is 2.14. The summed E-state index contributed by atoms with van der Waals surface area (Å²) in [6, 6.07) is 0. The lowest BCUT2D eigenvalue weighted by Gasteiger charge is -2.01. The van der Waals surface area contributed by atoms with Crippen LogP contribution in [-0.4, -0.2) is 19.9 Å². The van der Waals surface area contributed by atoms with E-state index in [1.165, 1.54) is 0 Å². The Bertz CT molecular complexity index is 485. The normalized spacial score (nSPS) is 10.6. The molecule has 6 nitrogen and oxygen atoms in total. The van der Waals surface area contributed by atoms with Crippen LogP contribution in [0.3, 0.4) is 0 Å². The number of nitrogens with two attached hydrogens (primary N) is 2. The van der Waals surface area contributed by atoms with Crippen molar-refractivity contribution in [2.45, 2.75) is 5.33 Å². The minimum absolute atomic E-state index is 0.107. The zero-order valence-electron chi connectivity index (χ0n) is 7.11. The molecule has 0 radical (unpaired) electrons. The zero-order chi connectivity index (χ0) is 10.1. The minimum Gasteiger partial charge on any atom is -0.382 e. The predicted octanol–water partition coefficient (Wildman–Crippen LogP) is 0.479. The Morgan fingerprint density at radius 1 is 1.21 bits per heavy atom. The van der Waals surface area contributed by atoms with Gasteiger partial charge in [0.05, 0.1) is 11.9 Å². The molecule has 0 unspecified atom stereocenters. The van der Waals surface area contributed by atoms with Crippen LogP contribution in [0.25, 0.3) is 11.2 Å². The molecule has 0 fully saturated rings. The summed E-state index contributed by atoms with van der Waals surface area (Å²) < 4.78 is 0. The maximum atomic E-state index is 5.60. The molecule has 7 heteroatoms. The fraction of sp³-hybridized carbons (Fsp3) is 0.143. The van der Waals surface area contributed by atoms with E-state index >= 15 is 0 Å². The Kier molecular flexibility index (Phi) is 2.16. The second-order valence-corrected chi connectivity index (χ2v) is 3.19. The Labute approximate surface area is 87.9 Å². The van der Waals surface area contributed by atoms with E-state index in [2.05, 4.69) is 35.9 Å². The zero-order valence-corrected chi connectivity index (χ0v) is 8.69. The average Bonchev–Trinajstić information content (AvgIpc) is 2.16. The molecule has 0 aliphatic heterocycles. The van der Waals surface area contributed by atoms with Crippen LogP contribution in [0.5, 0.6) is 0 Å². The van der Waals surface area contributed by atoms with Crippen molar-refractivity contribution in [2.24, 2.45) is 0 Å². The van der Waals surface area contributed by atoms with Gasteiger partial charge in [0.15, 0.2) is 11.5 Å². The number of aromatic nitrogens is 4. The molecule has 2 heterocycles. The first-order chi connectivity index (χ1) is 6.70. The number of halogens is 1. The third-order valence-electron chi connectivity index (χ3n) is 1.64. The number of anilines is 2. The topological polar surface area (TPSA) is 104 Å². The largest absolute Gasteiger partial charge is 0.382 e. The molecule has 2 rings (SSSR count). The fourth-order valence-electron chi connectivity index (χ4n) is 1.05. The van der Waals surface area contributed by atoms with Gasteiger partial charge in [-0.3, -0.25) is 0 Å². The van der Waals surface area contributed by atoms with Crippen molar-refractivity contribution in [3.8, 4) is 0 Å². The van der Waals surface area contributed by atoms with Gasteiger partial charge in [-0.1, -0.05) is 15.9 Å². The maximum Gasteiger partial charge on any atom is 0.224 e. The minimum atomic E-state index is 0.107. The van der Waals surface area contributed by atoms with Crippen molar-refractivity contribution in [2.75, 3.05) is 11.5 Å². The van der Waals surface area contributed by atoms with E-state index in [0.717, 1.165) is 5.69 Å². The van der Waals surface area contributed by atoms with E-state index in [-0.39, 0.29) is 11.8 Å². The molecule has 0 saturated carbocycles. The summed E-state index contributed by atoms with van der Waals surface area (Å²) in [4.78, 5) is 16.0. The SMILES string of the molecule is Nc1nc(N)c2ncc(CBr)nc2n1. The van der Waals surface area contributed by atoms with Crippen LogP contribution in [0.2, 0.25) is 0 Å². The lowest BCUT2D eigenvalue weighted by molar-refractivity contribution is 1.11. The average molecular weight is 255 g/mol. The van der Waals surface area contributed by atoms with Crippen molar-refractivity contribution in [3.05, 3.63) is 11.9 Å². The smallest absolute Gasteiger partial charge is 0.224 e. The van der Waals surface area contributed by atoms with E-state index in [4.69, 9.17) is 11.5 Å². The molecule has 72 valence electrons. The molecular weight excluding hydrogens is 248 g/mol. The number of nitrogen functional groups attached to an aromatic ring is 2. The monoisotopic (exact) mass is 254 g/mol. The van der Waals surface area contributed by atoms with Gasteiger partial charge in [-0.15, -0.1) is 0 Å². The maximum absolute atomic E-state index is 5.60. The molecule has 0 spiro atoms. The van der Waals surface area contributed by atoms with Crippen LogP contribution >= 0.6 is 15.9 Å². The van der Waals surface area contributed by atoms with Gasteiger partial charge < -0.3 is 11.5 Å². The number of hydrogen-bond acceptors (Lipinski definition) is 6. The predicted molar refractivity (Wildman–Crippen MR) is 56.6 cm³/mol. The van der Waals surface area contributed by atoms with Crippen LogP contribution in [0.1, 0.15) is 5.69 Å². The number of rotatable bonds is 1. The van der Waals surface area contributed by atoms with Crippen LogP contribution in [0.15, 0.2) is 6.20 Å². The number of nitrogens with zero attached hydrogens (tertiary/aromatic N) is 4. The molecule has 0 amide bonds. The third-order valence-corrected chi connectivity index (χ3v) is 2.21. The fourth-order valence-corrected chi connectivity index (χ4v) is 1.32. The quantitative estimate of drug-likeness (QED) is 0.718. The van der Waals surface area contributed by atoms with Crippen LogP contribution in [0.4, 0.5) is 11.8 Å². The first-order valence-electron chi connectivity index (χ1n) is 3.81. The number of hydrogen-bond donors (Lipinski definition) is 2. The van der Waals surface area contributed by atoms with E-state index < -0.39 is 0 Å². The lowest BCUT2D eigenvalue weighted by Crippen LogP contribution is -2.03. The van der Waals surface area contributed by atoms with Crippen molar-refractivity contribution in [1.29, 1.82) is 0 Å². The van der Waals surface area contributed by atoms with Crippen LogP contribution in [-0.2, 0) is 5.33 Å². The summed E-state index contributed by atoms with van der Waals surface area (Å²) >= 11 is 3.27. The van der Waals surface area contributed by atoms with Crippen LogP contribution in [0, 0.1) is 0 Å². The first-order valence-corrected chi connectivity index (χ1v) is 4.93. The van der Waals surface area contributed by atoms with E-state index in [1.807, 2.05) is 0 Å². The molecule has 2 aromatic rings. The third kappa shape index (κ3) is 1.46. The molecule has 0 aliphatic carbocycles. The summed E-state index contributed by atoms with van der Waals surface area (Å²) in [5.41, 5.74) is 12.7. The second kappa shape index (κ2) is 3.33. The lowest BCUT2D eigenvalue weighted by atomic mass is 10.4. The Balaban J connectivity index is 2.75. The number of alkyl halides is 1. The van der Waals surface area contributed by atoms with Gasteiger partial charge in [-0.2, -0.15) is 9.97 Å². The molecule has 2 aromatic heterocycles. The second-order valence-electron chi connectivity index (χ2n) is 2.63. The Morgan fingerprint density at radius 3 is 2.71 bits per heavy atom. The summed E-state index contributed by atoms with van der Waals surface area (Å²) in [6.45, 7) is 0. The van der Waals surface area contributed by atoms with Gasteiger partial charge in [-0.25, -0.2) is 9.97 Å². The van der Waals surface area contributed by atoms with Gasteiger partial charge in [-0.05, 0) is 0 Å². The van der Waals surface area contributed by atoms with Gasteiger partial charge in [0.2, 0.25) is 5.95 Å². The molecule has 0 saturated heterocycles. The van der Waals surface area contributed by atoms with E-state index in [0.29, 0.717) is 16.5 Å². The summed E-state index contributed by atoms with van der Waals surface area (Å²) in [5, 5.41) is 0.611. The van der Waals surface area contributed by atoms with E-state index in [9.17, 15) is 0 Å². The summed E-state index contributed by atoms with van der Waals surface area (Å²) in [5.74, 6) is 0.358. The highest BCUT2D eigenvalue weighted by molar-refractivity contribution is 9.08. The first kappa shape index (κ1) is 9.07. The van der Waals surface area contributed by atoms with Crippen molar-refractivity contribution < 1.29 is 0 Å². The van der Waals surface area contributed by atoms with Crippen molar-refractivity contribution in [3.63, 3.8) is 0 Å². The van der Waals surface area contributed by atoms with Gasteiger partial charge in [0, 0.05) is 5.33 Å². The molecular formula is C7H7BrN6. The molecule has 0 bridgehead atoms. The Morgan fingerprint density at radius 2 is 2.00 bits per heavy atom. The van der Waals surface area contributed by atoms with Crippen molar-refractivity contribution in [1.82, 2.24) is 19.9 Å². The summed E-state index contributed by atoms with van der Waals surface area (Å²) in [6.07, 6.45) is 1.62. The molecule has 0 aliphatic rings.